The van der Waals surface area contributed by atoms with E-state index in [4.69, 9.17) is 0 Å². The van der Waals surface area contributed by atoms with E-state index in [1.165, 1.54) is 11.3 Å². The van der Waals surface area contributed by atoms with Gasteiger partial charge in [-0.3, -0.25) is 4.79 Å². The number of guanidine groups is 1. The summed E-state index contributed by atoms with van der Waals surface area (Å²) in [4.78, 5) is 22.1. The minimum absolute atomic E-state index is 0. The van der Waals surface area contributed by atoms with Gasteiger partial charge in [-0.15, -0.1) is 24.0 Å². The molecule has 26 heavy (non-hydrogen) atoms. The fourth-order valence-corrected chi connectivity index (χ4v) is 2.25. The molecule has 148 valence electrons. The maximum Gasteiger partial charge on any atom is 0.243 e. The zero-order chi connectivity index (χ0) is 18.8. The number of anilines is 1. The number of nitrogens with one attached hydrogen (secondary N) is 1. The third-order valence-electron chi connectivity index (χ3n) is 3.88. The molecule has 0 atom stereocenters. The Morgan fingerprint density at radius 2 is 1.85 bits per heavy atom. The Balaban J connectivity index is 0.00000625. The minimum Gasteiger partial charge on any atom is -0.378 e. The molecule has 1 amide bonds. The van der Waals surface area contributed by atoms with E-state index < -0.39 is 0 Å². The second-order valence-electron chi connectivity index (χ2n) is 6.63. The molecule has 0 saturated heterocycles. The van der Waals surface area contributed by atoms with Gasteiger partial charge in [0, 0.05) is 54.0 Å². The lowest BCUT2D eigenvalue weighted by Gasteiger charge is -2.23. The molecule has 0 spiro atoms. The highest BCUT2D eigenvalue weighted by Gasteiger charge is 2.10. The monoisotopic (exact) mass is 475 g/mol. The number of benzene rings is 1. The first-order chi connectivity index (χ1) is 11.8. The zero-order valence-electron chi connectivity index (χ0n) is 17.0. The van der Waals surface area contributed by atoms with E-state index in [1.807, 2.05) is 21.1 Å². The second-order valence-corrected chi connectivity index (χ2v) is 6.63. The van der Waals surface area contributed by atoms with Crippen LogP contribution in [0.5, 0.6) is 0 Å². The average Bonchev–Trinajstić information content (AvgIpc) is 2.57. The molecular formula is C19H34IN5O. The van der Waals surface area contributed by atoms with Gasteiger partial charge in [0.25, 0.3) is 0 Å². The molecule has 0 aromatic heterocycles. The number of carbonyl (C=O) groups excluding carboxylic acids is 1. The third kappa shape index (κ3) is 8.73. The van der Waals surface area contributed by atoms with Gasteiger partial charge in [0.05, 0.1) is 0 Å². The number of amides is 1. The summed E-state index contributed by atoms with van der Waals surface area (Å²) < 4.78 is 0. The highest BCUT2D eigenvalue weighted by atomic mass is 127. The van der Waals surface area contributed by atoms with Crippen LogP contribution in [0.1, 0.15) is 25.3 Å². The number of rotatable bonds is 8. The lowest BCUT2D eigenvalue weighted by atomic mass is 10.2. The molecule has 0 bridgehead atoms. The van der Waals surface area contributed by atoms with Crippen LogP contribution in [0, 0.1) is 0 Å². The predicted molar refractivity (Wildman–Crippen MR) is 122 cm³/mol. The molecule has 1 aromatic carbocycles. The molecule has 0 aliphatic rings. The number of aliphatic imine (C=N–C) groups is 1. The van der Waals surface area contributed by atoms with Crippen molar-refractivity contribution in [3.05, 3.63) is 29.8 Å². The Hall–Kier alpha value is -1.51. The second kappa shape index (κ2) is 12.8. The zero-order valence-corrected chi connectivity index (χ0v) is 19.3. The largest absolute Gasteiger partial charge is 0.378 e. The molecule has 6 nitrogen and oxygen atoms in total. The molecule has 1 aromatic rings. The van der Waals surface area contributed by atoms with Crippen LogP contribution in [0.3, 0.4) is 0 Å². The topological polar surface area (TPSA) is 51.2 Å². The van der Waals surface area contributed by atoms with E-state index in [9.17, 15) is 4.79 Å². The van der Waals surface area contributed by atoms with Crippen molar-refractivity contribution < 1.29 is 4.79 Å². The summed E-state index contributed by atoms with van der Waals surface area (Å²) in [7, 11) is 9.57. The van der Waals surface area contributed by atoms with Crippen LogP contribution in [0.15, 0.2) is 29.3 Å². The fourth-order valence-electron chi connectivity index (χ4n) is 2.25. The molecule has 0 unspecified atom stereocenters. The van der Waals surface area contributed by atoms with E-state index in [1.54, 1.807) is 19.0 Å². The molecular weight excluding hydrogens is 441 g/mol. The maximum atomic E-state index is 11.8. The Labute approximate surface area is 175 Å². The summed E-state index contributed by atoms with van der Waals surface area (Å²) in [6, 6.07) is 8.44. The lowest BCUT2D eigenvalue weighted by Crippen LogP contribution is -2.40. The van der Waals surface area contributed by atoms with Crippen molar-refractivity contribution in [3.8, 4) is 0 Å². The number of hydrogen-bond donors (Lipinski definition) is 1. The molecule has 1 N–H and O–H groups in total. The van der Waals surface area contributed by atoms with E-state index in [0.717, 1.165) is 31.9 Å². The Morgan fingerprint density at radius 1 is 1.15 bits per heavy atom. The summed E-state index contributed by atoms with van der Waals surface area (Å²) >= 11 is 0. The molecule has 0 heterocycles. The third-order valence-corrected chi connectivity index (χ3v) is 3.88. The number of carbonyl (C=O) groups is 1. The van der Waals surface area contributed by atoms with Crippen molar-refractivity contribution in [1.29, 1.82) is 0 Å². The number of hydrogen-bond acceptors (Lipinski definition) is 3. The first kappa shape index (κ1) is 24.5. The van der Waals surface area contributed by atoms with Gasteiger partial charge < -0.3 is 20.0 Å². The summed E-state index contributed by atoms with van der Waals surface area (Å²) in [6.07, 6.45) is 2.19. The van der Waals surface area contributed by atoms with Crippen molar-refractivity contribution in [2.45, 2.75) is 26.3 Å². The fraction of sp³-hybridized carbons (Fsp3) is 0.579. The van der Waals surface area contributed by atoms with Crippen molar-refractivity contribution in [2.24, 2.45) is 4.99 Å². The van der Waals surface area contributed by atoms with Crippen molar-refractivity contribution in [2.75, 3.05) is 53.2 Å². The molecule has 0 radical (unpaired) electrons. The van der Waals surface area contributed by atoms with Crippen LogP contribution >= 0.6 is 24.0 Å². The van der Waals surface area contributed by atoms with Gasteiger partial charge in [-0.05, 0) is 24.1 Å². The summed E-state index contributed by atoms with van der Waals surface area (Å²) in [6.45, 7) is 3.90. The first-order valence-electron chi connectivity index (χ1n) is 8.81. The normalized spacial score (nSPS) is 10.8. The molecule has 0 aliphatic carbocycles. The highest BCUT2D eigenvalue weighted by molar-refractivity contribution is 14.0. The van der Waals surface area contributed by atoms with E-state index in [0.29, 0.717) is 0 Å². The van der Waals surface area contributed by atoms with Crippen LogP contribution in [0.25, 0.3) is 0 Å². The van der Waals surface area contributed by atoms with Crippen LogP contribution in [-0.4, -0.2) is 70.0 Å². The van der Waals surface area contributed by atoms with Gasteiger partial charge in [0.2, 0.25) is 5.91 Å². The average molecular weight is 475 g/mol. The first-order valence-corrected chi connectivity index (χ1v) is 8.81. The molecule has 0 saturated carbocycles. The van der Waals surface area contributed by atoms with E-state index in [-0.39, 0.29) is 36.4 Å². The number of unbranched alkanes of at least 4 members (excludes halogenated alkanes) is 1. The van der Waals surface area contributed by atoms with Crippen LogP contribution in [0.2, 0.25) is 0 Å². The van der Waals surface area contributed by atoms with Crippen LogP contribution in [-0.2, 0) is 11.3 Å². The highest BCUT2D eigenvalue weighted by Crippen LogP contribution is 2.14. The SMILES string of the molecule is CCCCNC(=NCC(=O)N(C)C)N(C)Cc1cccc(N(C)C)c1.I. The molecule has 0 aliphatic heterocycles. The van der Waals surface area contributed by atoms with Gasteiger partial charge in [0.1, 0.15) is 6.54 Å². The summed E-state index contributed by atoms with van der Waals surface area (Å²) in [5.41, 5.74) is 2.38. The Kier molecular flexibility index (Phi) is 12.0. The van der Waals surface area contributed by atoms with Crippen LogP contribution < -0.4 is 10.2 Å². The Morgan fingerprint density at radius 3 is 2.42 bits per heavy atom. The smallest absolute Gasteiger partial charge is 0.243 e. The molecule has 0 fully saturated rings. The summed E-state index contributed by atoms with van der Waals surface area (Å²) in [5, 5.41) is 3.37. The van der Waals surface area contributed by atoms with Crippen molar-refractivity contribution in [1.82, 2.24) is 15.1 Å². The number of nitrogens with zero attached hydrogens (tertiary/aromatic N) is 4. The molecule has 7 heteroatoms. The predicted octanol–water partition coefficient (Wildman–Crippen LogP) is 2.64. The minimum atomic E-state index is -0.00204. The van der Waals surface area contributed by atoms with E-state index in [2.05, 4.69) is 51.3 Å². The van der Waals surface area contributed by atoms with Gasteiger partial charge in [0.15, 0.2) is 5.96 Å². The van der Waals surface area contributed by atoms with Crippen LogP contribution in [0.4, 0.5) is 5.69 Å². The number of likely N-dealkylation sites (N-methyl/N-ethyl adjacent to an activating group) is 1. The Bertz CT molecular complexity index is 575. The maximum absolute atomic E-state index is 11.8. The van der Waals surface area contributed by atoms with E-state index >= 15 is 0 Å². The van der Waals surface area contributed by atoms with Crippen molar-refractivity contribution >= 4 is 41.5 Å². The molecule has 1 rings (SSSR count). The number of halogens is 1. The van der Waals surface area contributed by atoms with Gasteiger partial charge in [-0.2, -0.15) is 0 Å². The van der Waals surface area contributed by atoms with Gasteiger partial charge in [-0.25, -0.2) is 4.99 Å². The van der Waals surface area contributed by atoms with Gasteiger partial charge in [-0.1, -0.05) is 25.5 Å². The lowest BCUT2D eigenvalue weighted by molar-refractivity contribution is -0.127. The summed E-state index contributed by atoms with van der Waals surface area (Å²) in [5.74, 6) is 0.761. The van der Waals surface area contributed by atoms with Crippen molar-refractivity contribution in [3.63, 3.8) is 0 Å². The quantitative estimate of drug-likeness (QED) is 0.272. The van der Waals surface area contributed by atoms with Gasteiger partial charge >= 0.3 is 0 Å². The standard InChI is InChI=1S/C19H33N5O.HI/c1-7-8-12-20-19(21-14-18(25)23(4)5)24(6)15-16-10-9-11-17(13-16)22(2)3;/h9-11,13H,7-8,12,14-15H2,1-6H3,(H,20,21);1H.